The SMILES string of the molecule is O=C1COc2cc(OC(=O)CCC3CCCCC3)ccc2N1. The molecule has 2 aliphatic rings. The zero-order valence-corrected chi connectivity index (χ0v) is 12.6. The van der Waals surface area contributed by atoms with Gasteiger partial charge in [0.25, 0.3) is 5.91 Å². The third kappa shape index (κ3) is 3.78. The fraction of sp³-hybridized carbons (Fsp3) is 0.529. The van der Waals surface area contributed by atoms with Gasteiger partial charge in [-0.2, -0.15) is 0 Å². The molecule has 0 atom stereocenters. The molecule has 118 valence electrons. The summed E-state index contributed by atoms with van der Waals surface area (Å²) in [6.45, 7) is -0.00786. The van der Waals surface area contributed by atoms with Crippen LogP contribution in [0.5, 0.6) is 11.5 Å². The maximum atomic E-state index is 11.9. The van der Waals surface area contributed by atoms with Crippen LogP contribution in [0.25, 0.3) is 0 Å². The fourth-order valence-corrected chi connectivity index (χ4v) is 3.10. The molecule has 1 aromatic carbocycles. The summed E-state index contributed by atoms with van der Waals surface area (Å²) < 4.78 is 10.7. The number of anilines is 1. The van der Waals surface area contributed by atoms with Crippen LogP contribution in [0.15, 0.2) is 18.2 Å². The molecule has 1 saturated carbocycles. The third-order valence-electron chi connectivity index (χ3n) is 4.30. The maximum Gasteiger partial charge on any atom is 0.311 e. The van der Waals surface area contributed by atoms with Crippen LogP contribution >= 0.6 is 0 Å². The van der Waals surface area contributed by atoms with Gasteiger partial charge in [0, 0.05) is 12.5 Å². The Balaban J connectivity index is 1.52. The van der Waals surface area contributed by atoms with Gasteiger partial charge in [-0.05, 0) is 24.5 Å². The number of carbonyl (C=O) groups excluding carboxylic acids is 2. The Bertz CT molecular complexity index is 564. The number of ether oxygens (including phenoxy) is 2. The number of carbonyl (C=O) groups is 2. The van der Waals surface area contributed by atoms with E-state index in [1.54, 1.807) is 18.2 Å². The molecular weight excluding hydrogens is 282 g/mol. The van der Waals surface area contributed by atoms with E-state index < -0.39 is 0 Å². The number of hydrogen-bond acceptors (Lipinski definition) is 4. The lowest BCUT2D eigenvalue weighted by atomic mass is 9.86. The van der Waals surface area contributed by atoms with Gasteiger partial charge in [-0.25, -0.2) is 0 Å². The second-order valence-electron chi connectivity index (χ2n) is 6.01. The predicted molar refractivity (Wildman–Crippen MR) is 82.0 cm³/mol. The van der Waals surface area contributed by atoms with Crippen LogP contribution in [0, 0.1) is 5.92 Å². The minimum atomic E-state index is -0.203. The molecule has 1 N–H and O–H groups in total. The molecule has 22 heavy (non-hydrogen) atoms. The summed E-state index contributed by atoms with van der Waals surface area (Å²) in [7, 11) is 0. The van der Waals surface area contributed by atoms with Crippen molar-refractivity contribution in [3.05, 3.63) is 18.2 Å². The average Bonchev–Trinajstić information content (AvgIpc) is 2.54. The summed E-state index contributed by atoms with van der Waals surface area (Å²) in [5.74, 6) is 1.29. The van der Waals surface area contributed by atoms with Gasteiger partial charge < -0.3 is 14.8 Å². The molecule has 0 aromatic heterocycles. The second-order valence-corrected chi connectivity index (χ2v) is 6.01. The van der Waals surface area contributed by atoms with Gasteiger partial charge in [0.1, 0.15) is 11.5 Å². The molecule has 1 amide bonds. The van der Waals surface area contributed by atoms with Crippen molar-refractivity contribution in [2.45, 2.75) is 44.9 Å². The van der Waals surface area contributed by atoms with Gasteiger partial charge in [-0.3, -0.25) is 9.59 Å². The van der Waals surface area contributed by atoms with Crippen molar-refractivity contribution in [2.24, 2.45) is 5.92 Å². The minimum Gasteiger partial charge on any atom is -0.481 e. The van der Waals surface area contributed by atoms with E-state index >= 15 is 0 Å². The molecule has 0 radical (unpaired) electrons. The number of benzene rings is 1. The van der Waals surface area contributed by atoms with Crippen molar-refractivity contribution >= 4 is 17.6 Å². The Kier molecular flexibility index (Phi) is 4.61. The Morgan fingerprint density at radius 2 is 2.09 bits per heavy atom. The number of rotatable bonds is 4. The monoisotopic (exact) mass is 303 g/mol. The first kappa shape index (κ1) is 14.9. The lowest BCUT2D eigenvalue weighted by Crippen LogP contribution is -2.25. The zero-order valence-electron chi connectivity index (χ0n) is 12.6. The molecule has 0 saturated heterocycles. The lowest BCUT2D eigenvalue weighted by Gasteiger charge is -2.21. The smallest absolute Gasteiger partial charge is 0.311 e. The van der Waals surface area contributed by atoms with Gasteiger partial charge in [-0.15, -0.1) is 0 Å². The van der Waals surface area contributed by atoms with Crippen LogP contribution in [-0.4, -0.2) is 18.5 Å². The van der Waals surface area contributed by atoms with Crippen molar-refractivity contribution in [1.82, 2.24) is 0 Å². The highest BCUT2D eigenvalue weighted by molar-refractivity contribution is 5.95. The van der Waals surface area contributed by atoms with Crippen molar-refractivity contribution in [3.63, 3.8) is 0 Å². The van der Waals surface area contributed by atoms with Crippen LogP contribution in [0.2, 0.25) is 0 Å². The Morgan fingerprint density at radius 3 is 2.91 bits per heavy atom. The highest BCUT2D eigenvalue weighted by Crippen LogP contribution is 2.32. The molecule has 3 rings (SSSR count). The topological polar surface area (TPSA) is 64.6 Å². The molecule has 1 aliphatic heterocycles. The summed E-state index contributed by atoms with van der Waals surface area (Å²) in [4.78, 5) is 23.1. The molecule has 1 aliphatic carbocycles. The summed E-state index contributed by atoms with van der Waals surface area (Å²) in [6.07, 6.45) is 7.74. The number of hydrogen-bond donors (Lipinski definition) is 1. The van der Waals surface area contributed by atoms with Crippen LogP contribution in [0.4, 0.5) is 5.69 Å². The van der Waals surface area contributed by atoms with Crippen molar-refractivity contribution in [1.29, 1.82) is 0 Å². The molecule has 0 unspecified atom stereocenters. The molecule has 1 aromatic rings. The van der Waals surface area contributed by atoms with E-state index in [0.29, 0.717) is 29.5 Å². The quantitative estimate of drug-likeness (QED) is 0.685. The maximum absolute atomic E-state index is 11.9. The highest BCUT2D eigenvalue weighted by atomic mass is 16.5. The fourth-order valence-electron chi connectivity index (χ4n) is 3.10. The van der Waals surface area contributed by atoms with Crippen LogP contribution in [0.1, 0.15) is 44.9 Å². The van der Waals surface area contributed by atoms with Gasteiger partial charge in [-0.1, -0.05) is 32.1 Å². The van der Waals surface area contributed by atoms with Gasteiger partial charge in [0.05, 0.1) is 5.69 Å². The Hall–Kier alpha value is -2.04. The van der Waals surface area contributed by atoms with Gasteiger partial charge in [0.2, 0.25) is 0 Å². The molecule has 5 nitrogen and oxygen atoms in total. The van der Waals surface area contributed by atoms with E-state index in [2.05, 4.69) is 5.32 Å². The molecule has 5 heteroatoms. The normalized spacial score (nSPS) is 18.1. The molecule has 1 heterocycles. The van der Waals surface area contributed by atoms with E-state index in [1.165, 1.54) is 32.1 Å². The molecule has 1 fully saturated rings. The van der Waals surface area contributed by atoms with E-state index in [0.717, 1.165) is 6.42 Å². The van der Waals surface area contributed by atoms with Crippen molar-refractivity contribution in [3.8, 4) is 11.5 Å². The summed E-state index contributed by atoms with van der Waals surface area (Å²) in [6, 6.07) is 5.01. The van der Waals surface area contributed by atoms with E-state index in [1.807, 2.05) is 0 Å². The number of fused-ring (bicyclic) bond motifs is 1. The number of nitrogens with one attached hydrogen (secondary N) is 1. The highest BCUT2D eigenvalue weighted by Gasteiger charge is 2.18. The average molecular weight is 303 g/mol. The van der Waals surface area contributed by atoms with Gasteiger partial charge >= 0.3 is 5.97 Å². The largest absolute Gasteiger partial charge is 0.481 e. The summed E-state index contributed by atoms with van der Waals surface area (Å²) in [5.41, 5.74) is 0.609. The predicted octanol–water partition coefficient (Wildman–Crippen LogP) is 3.28. The Labute approximate surface area is 130 Å². The van der Waals surface area contributed by atoms with Crippen LogP contribution < -0.4 is 14.8 Å². The summed E-state index contributed by atoms with van der Waals surface area (Å²) >= 11 is 0. The molecule has 0 bridgehead atoms. The zero-order chi connectivity index (χ0) is 15.4. The standard InChI is InChI=1S/C17H21NO4/c19-16-11-21-15-10-13(7-8-14(15)18-16)22-17(20)9-6-12-4-2-1-3-5-12/h7-8,10,12H,1-6,9,11H2,(H,18,19). The lowest BCUT2D eigenvalue weighted by molar-refractivity contribution is -0.134. The third-order valence-corrected chi connectivity index (χ3v) is 4.30. The first-order valence-electron chi connectivity index (χ1n) is 7.98. The summed E-state index contributed by atoms with van der Waals surface area (Å²) in [5, 5.41) is 2.70. The first-order chi connectivity index (χ1) is 10.7. The Morgan fingerprint density at radius 1 is 1.27 bits per heavy atom. The van der Waals surface area contributed by atoms with Crippen molar-refractivity contribution in [2.75, 3.05) is 11.9 Å². The van der Waals surface area contributed by atoms with E-state index in [9.17, 15) is 9.59 Å². The molecule has 0 spiro atoms. The molecular formula is C17H21NO4. The second kappa shape index (κ2) is 6.81. The van der Waals surface area contributed by atoms with Crippen LogP contribution in [0.3, 0.4) is 0 Å². The van der Waals surface area contributed by atoms with E-state index in [-0.39, 0.29) is 18.5 Å². The first-order valence-corrected chi connectivity index (χ1v) is 7.98. The van der Waals surface area contributed by atoms with Crippen molar-refractivity contribution < 1.29 is 19.1 Å². The number of amides is 1. The van der Waals surface area contributed by atoms with E-state index in [4.69, 9.17) is 9.47 Å². The van der Waals surface area contributed by atoms with Gasteiger partial charge in [0.15, 0.2) is 6.61 Å². The number of esters is 1. The van der Waals surface area contributed by atoms with Crippen LogP contribution in [-0.2, 0) is 9.59 Å². The minimum absolute atomic E-state index is 0.00786.